The zero-order chi connectivity index (χ0) is 23.7. The molecule has 2 aliphatic carbocycles. The maximum absolute atomic E-state index is 12.8. The van der Waals surface area contributed by atoms with Crippen LogP contribution in [0.3, 0.4) is 0 Å². The summed E-state index contributed by atoms with van der Waals surface area (Å²) >= 11 is 0. The maximum Gasteiger partial charge on any atom is 0.407 e. The van der Waals surface area contributed by atoms with E-state index in [4.69, 9.17) is 9.47 Å². The molecular formula is C26H28N2O6. The first-order chi connectivity index (χ1) is 16.5. The van der Waals surface area contributed by atoms with Crippen molar-refractivity contribution in [3.05, 3.63) is 59.7 Å². The fourth-order valence-corrected chi connectivity index (χ4v) is 5.05. The number of fused-ring (bicyclic) bond motifs is 3. The molecule has 2 aromatic rings. The normalized spacial score (nSPS) is 21.9. The van der Waals surface area contributed by atoms with Gasteiger partial charge >= 0.3 is 12.1 Å². The number of amides is 2. The molecule has 2 fully saturated rings. The Hall–Kier alpha value is -3.39. The Morgan fingerprint density at radius 3 is 2.26 bits per heavy atom. The van der Waals surface area contributed by atoms with Crippen molar-refractivity contribution < 1.29 is 29.0 Å². The zero-order valence-electron chi connectivity index (χ0n) is 18.7. The van der Waals surface area contributed by atoms with Gasteiger partial charge in [-0.15, -0.1) is 0 Å². The molecule has 1 unspecified atom stereocenters. The summed E-state index contributed by atoms with van der Waals surface area (Å²) < 4.78 is 10.8. The number of carboxylic acids is 1. The van der Waals surface area contributed by atoms with Crippen LogP contribution in [0.5, 0.6) is 0 Å². The Labute approximate surface area is 197 Å². The molecule has 1 saturated carbocycles. The van der Waals surface area contributed by atoms with Crippen molar-refractivity contribution in [3.8, 4) is 11.1 Å². The number of nitrogens with one attached hydrogen (secondary N) is 2. The molecule has 1 saturated heterocycles. The van der Waals surface area contributed by atoms with Crippen LogP contribution in [-0.4, -0.2) is 55.0 Å². The summed E-state index contributed by atoms with van der Waals surface area (Å²) in [7, 11) is 0. The molecule has 8 nitrogen and oxygen atoms in total. The van der Waals surface area contributed by atoms with Crippen LogP contribution in [0.4, 0.5) is 4.79 Å². The van der Waals surface area contributed by atoms with E-state index in [-0.39, 0.29) is 36.8 Å². The third kappa shape index (κ3) is 4.50. The fraction of sp³-hybridized carbons (Fsp3) is 0.423. The number of carbonyl (C=O) groups excluding carboxylic acids is 2. The number of hydrogen-bond donors (Lipinski definition) is 3. The fourth-order valence-electron chi connectivity index (χ4n) is 5.05. The van der Waals surface area contributed by atoms with Crippen molar-refractivity contribution in [2.45, 2.75) is 37.3 Å². The van der Waals surface area contributed by atoms with Crippen LogP contribution in [0.2, 0.25) is 0 Å². The van der Waals surface area contributed by atoms with Crippen LogP contribution in [0.15, 0.2) is 48.5 Å². The van der Waals surface area contributed by atoms with Gasteiger partial charge in [-0.3, -0.25) is 4.79 Å². The zero-order valence-corrected chi connectivity index (χ0v) is 18.7. The van der Waals surface area contributed by atoms with Crippen LogP contribution in [0.1, 0.15) is 36.3 Å². The van der Waals surface area contributed by atoms with Crippen molar-refractivity contribution in [1.29, 1.82) is 0 Å². The summed E-state index contributed by atoms with van der Waals surface area (Å²) in [6.07, 6.45) is 0.750. The van der Waals surface area contributed by atoms with Crippen LogP contribution < -0.4 is 10.6 Å². The first kappa shape index (κ1) is 22.4. The SMILES string of the molecule is O=C(NC(C(=O)NC[C@H]1CCO[C@H]1C(=O)O)C1CC1)OCC1c2ccccc2-c2ccccc21. The minimum Gasteiger partial charge on any atom is -0.479 e. The largest absolute Gasteiger partial charge is 0.479 e. The van der Waals surface area contributed by atoms with Crippen molar-refractivity contribution >= 4 is 18.0 Å². The molecule has 1 aliphatic heterocycles. The number of rotatable bonds is 8. The Morgan fingerprint density at radius 2 is 1.65 bits per heavy atom. The minimum absolute atomic E-state index is 0.0540. The van der Waals surface area contributed by atoms with Gasteiger partial charge in [-0.1, -0.05) is 48.5 Å². The van der Waals surface area contributed by atoms with Gasteiger partial charge in [-0.05, 0) is 47.4 Å². The second-order valence-electron chi connectivity index (χ2n) is 9.21. The van der Waals surface area contributed by atoms with Gasteiger partial charge in [0.25, 0.3) is 0 Å². The first-order valence-corrected chi connectivity index (χ1v) is 11.8. The molecule has 34 heavy (non-hydrogen) atoms. The lowest BCUT2D eigenvalue weighted by atomic mass is 9.98. The minimum atomic E-state index is -1.02. The smallest absolute Gasteiger partial charge is 0.407 e. The van der Waals surface area contributed by atoms with Gasteiger partial charge in [-0.2, -0.15) is 0 Å². The lowest BCUT2D eigenvalue weighted by Crippen LogP contribution is -2.50. The molecule has 2 aromatic carbocycles. The monoisotopic (exact) mass is 464 g/mol. The van der Waals surface area contributed by atoms with E-state index in [1.807, 2.05) is 24.3 Å². The lowest BCUT2D eigenvalue weighted by Gasteiger charge is -2.21. The van der Waals surface area contributed by atoms with Crippen LogP contribution in [-0.2, 0) is 19.1 Å². The number of carbonyl (C=O) groups is 3. The molecule has 0 radical (unpaired) electrons. The summed E-state index contributed by atoms with van der Waals surface area (Å²) in [6.45, 7) is 0.742. The summed E-state index contributed by atoms with van der Waals surface area (Å²) in [5.41, 5.74) is 4.55. The average Bonchev–Trinajstić information content (AvgIpc) is 3.48. The summed E-state index contributed by atoms with van der Waals surface area (Å²) in [5.74, 6) is -1.60. The second-order valence-corrected chi connectivity index (χ2v) is 9.21. The Kier molecular flexibility index (Phi) is 6.24. The van der Waals surface area contributed by atoms with Gasteiger partial charge in [0.05, 0.1) is 0 Å². The average molecular weight is 465 g/mol. The molecule has 0 bridgehead atoms. The van der Waals surface area contributed by atoms with Gasteiger partial charge < -0.3 is 25.2 Å². The van der Waals surface area contributed by atoms with Gasteiger partial charge in [0.2, 0.25) is 5.91 Å². The molecule has 1 heterocycles. The van der Waals surface area contributed by atoms with E-state index < -0.39 is 24.2 Å². The second kappa shape index (κ2) is 9.46. The Bertz CT molecular complexity index is 1050. The summed E-state index contributed by atoms with van der Waals surface area (Å²) in [4.78, 5) is 36.8. The maximum atomic E-state index is 12.8. The summed E-state index contributed by atoms with van der Waals surface area (Å²) in [5, 5.41) is 14.8. The Morgan fingerprint density at radius 1 is 1.00 bits per heavy atom. The molecule has 5 rings (SSSR count). The van der Waals surface area contributed by atoms with E-state index >= 15 is 0 Å². The van der Waals surface area contributed by atoms with Crippen molar-refractivity contribution in [2.24, 2.45) is 11.8 Å². The van der Waals surface area contributed by atoms with E-state index in [0.29, 0.717) is 13.0 Å². The van der Waals surface area contributed by atoms with Gasteiger partial charge in [-0.25, -0.2) is 9.59 Å². The van der Waals surface area contributed by atoms with Gasteiger partial charge in [0.15, 0.2) is 6.10 Å². The third-order valence-electron chi connectivity index (χ3n) is 6.99. The summed E-state index contributed by atoms with van der Waals surface area (Å²) in [6, 6.07) is 15.5. The predicted octanol–water partition coefficient (Wildman–Crippen LogP) is 2.91. The number of alkyl carbamates (subject to hydrolysis) is 1. The topological polar surface area (TPSA) is 114 Å². The molecule has 178 valence electrons. The van der Waals surface area contributed by atoms with E-state index in [9.17, 15) is 19.5 Å². The van der Waals surface area contributed by atoms with E-state index in [1.54, 1.807) is 0 Å². The van der Waals surface area contributed by atoms with E-state index in [2.05, 4.69) is 34.9 Å². The van der Waals surface area contributed by atoms with Crippen molar-refractivity contribution in [1.82, 2.24) is 10.6 Å². The molecule has 8 heteroatoms. The van der Waals surface area contributed by atoms with Crippen molar-refractivity contribution in [3.63, 3.8) is 0 Å². The third-order valence-corrected chi connectivity index (χ3v) is 6.99. The highest BCUT2D eigenvalue weighted by Crippen LogP contribution is 2.44. The number of carboxylic acid groups (broad SMARTS) is 1. The molecule has 0 aromatic heterocycles. The molecule has 3 atom stereocenters. The van der Waals surface area contributed by atoms with Gasteiger partial charge in [0.1, 0.15) is 12.6 Å². The lowest BCUT2D eigenvalue weighted by molar-refractivity contribution is -0.149. The highest BCUT2D eigenvalue weighted by molar-refractivity contribution is 5.86. The van der Waals surface area contributed by atoms with Crippen LogP contribution in [0, 0.1) is 11.8 Å². The molecular weight excluding hydrogens is 436 g/mol. The molecule has 0 spiro atoms. The van der Waals surface area contributed by atoms with Crippen molar-refractivity contribution in [2.75, 3.05) is 19.8 Å². The number of ether oxygens (including phenoxy) is 2. The van der Waals surface area contributed by atoms with E-state index in [0.717, 1.165) is 35.1 Å². The number of aliphatic carboxylic acids is 1. The Balaban J connectivity index is 1.18. The number of hydrogen-bond acceptors (Lipinski definition) is 5. The van der Waals surface area contributed by atoms with Crippen LogP contribution >= 0.6 is 0 Å². The first-order valence-electron chi connectivity index (χ1n) is 11.8. The van der Waals surface area contributed by atoms with E-state index in [1.165, 1.54) is 0 Å². The predicted molar refractivity (Wildman–Crippen MR) is 123 cm³/mol. The molecule has 3 N–H and O–H groups in total. The standard InChI is InChI=1S/C26H28N2O6/c29-24(27-13-16-11-12-33-23(16)25(30)31)22(15-9-10-15)28-26(32)34-14-21-19-7-3-1-5-17(19)18-6-2-4-8-20(18)21/h1-8,15-16,21-23H,9-14H2,(H,27,29)(H,28,32)(H,30,31)/t16-,22?,23-/m1/s1. The molecule has 2 amide bonds. The van der Waals surface area contributed by atoms with Gasteiger partial charge in [0, 0.05) is 25.0 Å². The van der Waals surface area contributed by atoms with Crippen LogP contribution in [0.25, 0.3) is 11.1 Å². The quantitative estimate of drug-likeness (QED) is 0.554. The molecule has 3 aliphatic rings. The highest BCUT2D eigenvalue weighted by atomic mass is 16.5. The number of benzene rings is 2. The highest BCUT2D eigenvalue weighted by Gasteiger charge is 2.39.